The third kappa shape index (κ3) is 5.78. The van der Waals surface area contributed by atoms with E-state index in [4.69, 9.17) is 5.73 Å². The van der Waals surface area contributed by atoms with Gasteiger partial charge < -0.3 is 16.4 Å². The fourth-order valence-electron chi connectivity index (χ4n) is 2.61. The Morgan fingerprint density at radius 3 is 2.66 bits per heavy atom. The first-order valence-electron chi connectivity index (χ1n) is 8.88. The van der Waals surface area contributed by atoms with Gasteiger partial charge in [-0.25, -0.2) is 4.98 Å². The van der Waals surface area contributed by atoms with Crippen LogP contribution in [-0.2, 0) is 9.59 Å². The molecular formula is C20H20N4O3S2. The van der Waals surface area contributed by atoms with Crippen LogP contribution >= 0.6 is 23.1 Å². The van der Waals surface area contributed by atoms with Crippen molar-refractivity contribution in [3.63, 3.8) is 0 Å². The van der Waals surface area contributed by atoms with Gasteiger partial charge in [-0.15, -0.1) is 11.8 Å². The molecule has 0 unspecified atom stereocenters. The second-order valence-electron chi connectivity index (χ2n) is 6.26. The lowest BCUT2D eigenvalue weighted by atomic mass is 10.1. The van der Waals surface area contributed by atoms with Crippen LogP contribution in [0.3, 0.4) is 0 Å². The van der Waals surface area contributed by atoms with E-state index in [-0.39, 0.29) is 30.5 Å². The Bertz CT molecular complexity index is 1060. The first kappa shape index (κ1) is 20.8. The molecule has 0 saturated carbocycles. The third-order valence-electron chi connectivity index (χ3n) is 4.00. The van der Waals surface area contributed by atoms with E-state index in [1.807, 2.05) is 36.4 Å². The summed E-state index contributed by atoms with van der Waals surface area (Å²) in [5, 5.41) is 7.99. The van der Waals surface area contributed by atoms with E-state index in [0.29, 0.717) is 10.7 Å². The standard InChI is InChI=1S/C20H20N4O3S2/c1-12-19(28-11-16(21)25)29-20(23-12)24-17(26)8-9-22-18(27)15-7-6-13-4-2-3-5-14(13)10-15/h2-7,10H,8-9,11H2,1H3,(H2,21,25)(H,22,27)(H,23,24,26). The van der Waals surface area contributed by atoms with Crippen LogP contribution in [0.5, 0.6) is 0 Å². The summed E-state index contributed by atoms with van der Waals surface area (Å²) in [7, 11) is 0. The molecule has 0 aliphatic rings. The van der Waals surface area contributed by atoms with Gasteiger partial charge in [0.15, 0.2) is 5.13 Å². The van der Waals surface area contributed by atoms with Crippen LogP contribution in [-0.4, -0.2) is 35.0 Å². The summed E-state index contributed by atoms with van der Waals surface area (Å²) in [5.74, 6) is -0.713. The van der Waals surface area contributed by atoms with Gasteiger partial charge in [0.2, 0.25) is 11.8 Å². The molecule has 0 atom stereocenters. The zero-order valence-corrected chi connectivity index (χ0v) is 17.4. The number of nitrogens with two attached hydrogens (primary N) is 1. The number of primary amides is 1. The molecule has 2 aromatic carbocycles. The lowest BCUT2D eigenvalue weighted by molar-refractivity contribution is -0.116. The van der Waals surface area contributed by atoms with Gasteiger partial charge in [0.1, 0.15) is 0 Å². The minimum atomic E-state index is -0.407. The van der Waals surface area contributed by atoms with Crippen LogP contribution in [0.25, 0.3) is 10.8 Å². The van der Waals surface area contributed by atoms with Crippen molar-refractivity contribution < 1.29 is 14.4 Å². The van der Waals surface area contributed by atoms with Crippen LogP contribution in [0.2, 0.25) is 0 Å². The quantitative estimate of drug-likeness (QED) is 0.477. The van der Waals surface area contributed by atoms with Crippen molar-refractivity contribution in [2.24, 2.45) is 5.73 Å². The van der Waals surface area contributed by atoms with E-state index in [0.717, 1.165) is 20.7 Å². The monoisotopic (exact) mass is 428 g/mol. The van der Waals surface area contributed by atoms with Gasteiger partial charge in [0, 0.05) is 18.5 Å². The average Bonchev–Trinajstić information content (AvgIpc) is 3.04. The average molecular weight is 429 g/mol. The second kappa shape index (κ2) is 9.53. The molecule has 0 radical (unpaired) electrons. The molecule has 0 aliphatic heterocycles. The number of anilines is 1. The molecule has 4 N–H and O–H groups in total. The van der Waals surface area contributed by atoms with E-state index >= 15 is 0 Å². The Morgan fingerprint density at radius 2 is 1.90 bits per heavy atom. The van der Waals surface area contributed by atoms with E-state index in [1.54, 1.807) is 13.0 Å². The van der Waals surface area contributed by atoms with Crippen molar-refractivity contribution in [2.75, 3.05) is 17.6 Å². The van der Waals surface area contributed by atoms with Crippen molar-refractivity contribution >= 4 is 56.7 Å². The molecule has 0 spiro atoms. The Hall–Kier alpha value is -2.91. The first-order chi connectivity index (χ1) is 13.9. The summed E-state index contributed by atoms with van der Waals surface area (Å²) in [5.41, 5.74) is 6.44. The van der Waals surface area contributed by atoms with Crippen molar-refractivity contribution in [3.05, 3.63) is 53.7 Å². The van der Waals surface area contributed by atoms with Crippen LogP contribution in [0, 0.1) is 6.92 Å². The van der Waals surface area contributed by atoms with Gasteiger partial charge in [-0.2, -0.15) is 0 Å². The number of carbonyl (C=O) groups is 3. The van der Waals surface area contributed by atoms with Crippen molar-refractivity contribution in [3.8, 4) is 0 Å². The predicted molar refractivity (Wildman–Crippen MR) is 116 cm³/mol. The zero-order valence-electron chi connectivity index (χ0n) is 15.7. The number of fused-ring (bicyclic) bond motifs is 1. The Morgan fingerprint density at radius 1 is 1.14 bits per heavy atom. The fourth-order valence-corrected chi connectivity index (χ4v) is 4.50. The molecule has 0 aliphatic carbocycles. The van der Waals surface area contributed by atoms with E-state index in [1.165, 1.54) is 23.1 Å². The van der Waals surface area contributed by atoms with Crippen LogP contribution in [0.1, 0.15) is 22.5 Å². The lowest BCUT2D eigenvalue weighted by Gasteiger charge is -2.06. The third-order valence-corrected chi connectivity index (χ3v) is 6.45. The fraction of sp³-hybridized carbons (Fsp3) is 0.200. The number of aromatic nitrogens is 1. The highest BCUT2D eigenvalue weighted by Crippen LogP contribution is 2.31. The summed E-state index contributed by atoms with van der Waals surface area (Å²) in [6, 6.07) is 13.3. The Labute approximate surface area is 176 Å². The van der Waals surface area contributed by atoms with Gasteiger partial charge in [-0.1, -0.05) is 41.7 Å². The van der Waals surface area contributed by atoms with Crippen LogP contribution in [0.4, 0.5) is 5.13 Å². The number of hydrogen-bond donors (Lipinski definition) is 3. The molecule has 0 saturated heterocycles. The highest BCUT2D eigenvalue weighted by molar-refractivity contribution is 8.01. The number of carbonyl (C=O) groups excluding carboxylic acids is 3. The molecule has 0 bridgehead atoms. The van der Waals surface area contributed by atoms with Gasteiger partial charge in [-0.05, 0) is 29.8 Å². The largest absolute Gasteiger partial charge is 0.369 e. The van der Waals surface area contributed by atoms with E-state index in [9.17, 15) is 14.4 Å². The minimum absolute atomic E-state index is 0.127. The van der Waals surface area contributed by atoms with Crippen molar-refractivity contribution in [1.82, 2.24) is 10.3 Å². The maximum absolute atomic E-state index is 12.3. The summed E-state index contributed by atoms with van der Waals surface area (Å²) in [6.45, 7) is 2.02. The normalized spacial score (nSPS) is 10.7. The number of amides is 3. The minimum Gasteiger partial charge on any atom is -0.369 e. The smallest absolute Gasteiger partial charge is 0.251 e. The van der Waals surface area contributed by atoms with E-state index in [2.05, 4.69) is 15.6 Å². The van der Waals surface area contributed by atoms with Gasteiger partial charge in [0.05, 0.1) is 15.7 Å². The Balaban J connectivity index is 1.48. The zero-order chi connectivity index (χ0) is 20.8. The number of nitrogens with one attached hydrogen (secondary N) is 2. The van der Waals surface area contributed by atoms with Crippen molar-refractivity contribution in [1.29, 1.82) is 0 Å². The summed E-state index contributed by atoms with van der Waals surface area (Å²) in [6.07, 6.45) is 0.127. The number of thiazole rings is 1. The van der Waals surface area contributed by atoms with Gasteiger partial charge >= 0.3 is 0 Å². The highest BCUT2D eigenvalue weighted by Gasteiger charge is 2.12. The lowest BCUT2D eigenvalue weighted by Crippen LogP contribution is -2.27. The van der Waals surface area contributed by atoms with E-state index < -0.39 is 5.91 Å². The topological polar surface area (TPSA) is 114 Å². The molecule has 3 rings (SSSR count). The second-order valence-corrected chi connectivity index (χ2v) is 8.51. The molecule has 29 heavy (non-hydrogen) atoms. The molecular weight excluding hydrogens is 408 g/mol. The number of thioether (sulfide) groups is 1. The Kier molecular flexibility index (Phi) is 6.84. The number of nitrogens with zero attached hydrogens (tertiary/aromatic N) is 1. The number of benzene rings is 2. The summed E-state index contributed by atoms with van der Waals surface area (Å²) < 4.78 is 0.837. The SMILES string of the molecule is Cc1nc(NC(=O)CCNC(=O)c2ccc3ccccc3c2)sc1SCC(N)=O. The van der Waals surface area contributed by atoms with Crippen molar-refractivity contribution in [2.45, 2.75) is 17.6 Å². The number of rotatable bonds is 8. The molecule has 3 aromatic rings. The maximum atomic E-state index is 12.3. The predicted octanol–water partition coefficient (Wildman–Crippen LogP) is 2.94. The molecule has 7 nitrogen and oxygen atoms in total. The molecule has 3 amide bonds. The highest BCUT2D eigenvalue weighted by atomic mass is 32.2. The summed E-state index contributed by atoms with van der Waals surface area (Å²) >= 11 is 2.59. The van der Waals surface area contributed by atoms with Gasteiger partial charge in [0.25, 0.3) is 5.91 Å². The molecule has 150 valence electrons. The number of hydrogen-bond acceptors (Lipinski definition) is 6. The van der Waals surface area contributed by atoms with Crippen LogP contribution < -0.4 is 16.4 Å². The molecule has 1 heterocycles. The van der Waals surface area contributed by atoms with Gasteiger partial charge in [-0.3, -0.25) is 14.4 Å². The first-order valence-corrected chi connectivity index (χ1v) is 10.7. The van der Waals surface area contributed by atoms with Crippen LogP contribution in [0.15, 0.2) is 46.7 Å². The molecule has 1 aromatic heterocycles. The molecule has 0 fully saturated rings. The number of aryl methyl sites for hydroxylation is 1. The molecule has 9 heteroatoms. The summed E-state index contributed by atoms with van der Waals surface area (Å²) in [4.78, 5) is 39.6. The maximum Gasteiger partial charge on any atom is 0.251 e.